The highest BCUT2D eigenvalue weighted by molar-refractivity contribution is 6.02. The largest absolute Gasteiger partial charge is 0.453 e. The molecular formula is C46H55N7O6. The number of benzene rings is 4. The zero-order valence-electron chi connectivity index (χ0n) is 34.2. The molecule has 2 fully saturated rings. The quantitative estimate of drug-likeness (QED) is 0.129. The fraction of sp³-hybridized carbons (Fsp3) is 0.370. The Bertz CT molecular complexity index is 2070. The van der Waals surface area contributed by atoms with Gasteiger partial charge in [-0.05, 0) is 84.2 Å². The minimum atomic E-state index is -0.962. The average Bonchev–Trinajstić information content (AvgIpc) is 3.95. The monoisotopic (exact) mass is 801 g/mol. The van der Waals surface area contributed by atoms with Crippen LogP contribution in [0.25, 0.3) is 0 Å². The van der Waals surface area contributed by atoms with Gasteiger partial charge in [-0.3, -0.25) is 24.5 Å². The van der Waals surface area contributed by atoms with Gasteiger partial charge in [-0.25, -0.2) is 4.79 Å². The van der Waals surface area contributed by atoms with Crippen molar-refractivity contribution in [1.29, 1.82) is 0 Å². The summed E-state index contributed by atoms with van der Waals surface area (Å²) in [5, 5.41) is 8.11. The van der Waals surface area contributed by atoms with Gasteiger partial charge in [0.25, 0.3) is 0 Å². The van der Waals surface area contributed by atoms with E-state index in [0.29, 0.717) is 44.7 Å². The number of anilines is 3. The van der Waals surface area contributed by atoms with E-state index in [1.165, 1.54) is 7.11 Å². The maximum absolute atomic E-state index is 13.4. The second-order valence-electron chi connectivity index (χ2n) is 16.3. The number of hydrogen-bond donors (Lipinski definition) is 4. The van der Waals surface area contributed by atoms with Crippen LogP contribution in [0.3, 0.4) is 0 Å². The lowest BCUT2D eigenvalue weighted by molar-refractivity contribution is -0.137. The predicted octanol–water partition coefficient (Wildman–Crippen LogP) is 5.91. The van der Waals surface area contributed by atoms with Gasteiger partial charge < -0.3 is 35.8 Å². The molecule has 0 unspecified atom stereocenters. The molecular weight excluding hydrogens is 747 g/mol. The van der Waals surface area contributed by atoms with Crippen molar-refractivity contribution in [2.75, 3.05) is 35.3 Å². The van der Waals surface area contributed by atoms with Gasteiger partial charge in [0.1, 0.15) is 24.2 Å². The molecule has 0 saturated carbocycles. The Morgan fingerprint density at radius 2 is 1.34 bits per heavy atom. The molecule has 6 rings (SSSR count). The molecule has 13 nitrogen and oxygen atoms in total. The van der Waals surface area contributed by atoms with Crippen molar-refractivity contribution in [2.45, 2.75) is 83.7 Å². The van der Waals surface area contributed by atoms with E-state index in [4.69, 9.17) is 10.5 Å². The smallest absolute Gasteiger partial charge is 0.407 e. The molecule has 4 atom stereocenters. The third kappa shape index (κ3) is 10.7. The second kappa shape index (κ2) is 19.0. The summed E-state index contributed by atoms with van der Waals surface area (Å²) in [6.45, 7) is 7.78. The van der Waals surface area contributed by atoms with Gasteiger partial charge in [0.15, 0.2) is 0 Å². The van der Waals surface area contributed by atoms with Crippen molar-refractivity contribution in [2.24, 2.45) is 11.1 Å². The van der Waals surface area contributed by atoms with Crippen LogP contribution < -0.4 is 31.5 Å². The molecule has 59 heavy (non-hydrogen) atoms. The van der Waals surface area contributed by atoms with Crippen LogP contribution in [-0.4, -0.2) is 72.9 Å². The molecule has 2 heterocycles. The van der Waals surface area contributed by atoms with E-state index >= 15 is 0 Å². The Hall–Kier alpha value is -6.21. The number of hydrogen-bond acceptors (Lipinski definition) is 9. The summed E-state index contributed by atoms with van der Waals surface area (Å²) in [4.78, 5) is 71.2. The van der Waals surface area contributed by atoms with Crippen LogP contribution in [0.5, 0.6) is 0 Å². The SMILES string of the molecule is COC(=O)N[C@H](C(=O)NC(=O)[C@@H]1CCCN1c1ccc(CN(Cc2ccc(NC(=O)[C@@H]3CCCN3C(=O)[C@H](N)c3ccccc3)cc2)c2ccccc2)cc1)C(C)(C)C. The summed E-state index contributed by atoms with van der Waals surface area (Å²) >= 11 is 0. The normalized spacial score (nSPS) is 17.4. The van der Waals surface area contributed by atoms with Crippen LogP contribution in [0.15, 0.2) is 109 Å². The summed E-state index contributed by atoms with van der Waals surface area (Å²) in [7, 11) is 1.23. The molecule has 4 aromatic carbocycles. The van der Waals surface area contributed by atoms with Gasteiger partial charge in [0.2, 0.25) is 23.6 Å². The van der Waals surface area contributed by atoms with E-state index in [-0.39, 0.29) is 11.8 Å². The molecule has 4 aromatic rings. The number of rotatable bonds is 13. The highest BCUT2D eigenvalue weighted by Crippen LogP contribution is 2.29. The number of likely N-dealkylation sites (tertiary alicyclic amines) is 1. The zero-order valence-corrected chi connectivity index (χ0v) is 34.2. The van der Waals surface area contributed by atoms with Crippen LogP contribution in [0, 0.1) is 5.41 Å². The molecule has 13 heteroatoms. The van der Waals surface area contributed by atoms with Crippen molar-refractivity contribution in [3.05, 3.63) is 126 Å². The lowest BCUT2D eigenvalue weighted by Gasteiger charge is -2.31. The van der Waals surface area contributed by atoms with Crippen LogP contribution >= 0.6 is 0 Å². The summed E-state index contributed by atoms with van der Waals surface area (Å²) in [5.74, 6) is -1.46. The van der Waals surface area contributed by atoms with E-state index < -0.39 is 47.5 Å². The molecule has 0 bridgehead atoms. The van der Waals surface area contributed by atoms with Crippen LogP contribution in [0.2, 0.25) is 0 Å². The van der Waals surface area contributed by atoms with E-state index in [2.05, 4.69) is 45.1 Å². The van der Waals surface area contributed by atoms with Crippen molar-refractivity contribution >= 4 is 46.8 Å². The Kier molecular flexibility index (Phi) is 13.7. The Balaban J connectivity index is 1.08. The first-order valence-electron chi connectivity index (χ1n) is 20.2. The molecule has 0 aliphatic carbocycles. The molecule has 5 N–H and O–H groups in total. The molecule has 2 aliphatic heterocycles. The van der Waals surface area contributed by atoms with E-state index in [9.17, 15) is 24.0 Å². The standard InChI is InChI=1S/C46H55N7O6/c1-46(2,3)40(49-45(58)59-4)43(56)50-42(55)37-17-11-27-52(37)36-25-21-32(22-26-36)30-51(35-15-9-6-10-16-35)29-31-19-23-34(24-20-31)48-41(54)38-18-12-28-53(38)44(57)39(47)33-13-7-5-8-14-33/h5-10,13-16,19-26,37-40H,11-12,17-18,27-30,47H2,1-4H3,(H,48,54)(H,49,58)(H,50,55,56)/t37-,38-,39+,40+/m0/s1. The number of ether oxygens (including phenoxy) is 1. The number of nitrogens with zero attached hydrogens (tertiary/aromatic N) is 3. The van der Waals surface area contributed by atoms with E-state index in [0.717, 1.165) is 40.9 Å². The molecule has 0 radical (unpaired) electrons. The summed E-state index contributed by atoms with van der Waals surface area (Å²) in [6, 6.07) is 32.3. The van der Waals surface area contributed by atoms with Gasteiger partial charge in [0, 0.05) is 43.2 Å². The third-order valence-electron chi connectivity index (χ3n) is 11.0. The van der Waals surface area contributed by atoms with Crippen molar-refractivity contribution < 1.29 is 28.7 Å². The Morgan fingerprint density at radius 1 is 0.763 bits per heavy atom. The summed E-state index contributed by atoms with van der Waals surface area (Å²) in [5.41, 5.74) is 11.1. The second-order valence-corrected chi connectivity index (χ2v) is 16.3. The van der Waals surface area contributed by atoms with E-state index in [1.54, 1.807) is 25.7 Å². The number of alkyl carbamates (subject to hydrolysis) is 1. The van der Waals surface area contributed by atoms with E-state index in [1.807, 2.05) is 89.8 Å². The number of nitrogens with one attached hydrogen (secondary N) is 3. The van der Waals surface area contributed by atoms with Gasteiger partial charge >= 0.3 is 6.09 Å². The molecule has 5 amide bonds. The van der Waals surface area contributed by atoms with Crippen LogP contribution in [0.4, 0.5) is 21.9 Å². The van der Waals surface area contributed by atoms with Crippen LogP contribution in [0.1, 0.15) is 69.2 Å². The number of carbonyl (C=O) groups is 5. The first-order valence-corrected chi connectivity index (χ1v) is 20.2. The van der Waals surface area contributed by atoms with Crippen molar-refractivity contribution in [3.8, 4) is 0 Å². The van der Waals surface area contributed by atoms with Crippen molar-refractivity contribution in [1.82, 2.24) is 15.5 Å². The topological polar surface area (TPSA) is 166 Å². The molecule has 2 saturated heterocycles. The maximum atomic E-state index is 13.4. The number of carbonyl (C=O) groups excluding carboxylic acids is 5. The van der Waals surface area contributed by atoms with Gasteiger partial charge in [0.05, 0.1) is 7.11 Å². The number of nitrogens with two attached hydrogens (primary N) is 1. The maximum Gasteiger partial charge on any atom is 0.407 e. The summed E-state index contributed by atoms with van der Waals surface area (Å²) < 4.78 is 4.70. The predicted molar refractivity (Wildman–Crippen MR) is 228 cm³/mol. The number of methoxy groups -OCH3 is 1. The third-order valence-corrected chi connectivity index (χ3v) is 11.0. The minimum absolute atomic E-state index is 0.227. The van der Waals surface area contributed by atoms with Gasteiger partial charge in [-0.15, -0.1) is 0 Å². The number of amides is 5. The minimum Gasteiger partial charge on any atom is -0.453 e. The number of imide groups is 1. The fourth-order valence-electron chi connectivity index (χ4n) is 7.79. The highest BCUT2D eigenvalue weighted by atomic mass is 16.5. The average molecular weight is 802 g/mol. The Morgan fingerprint density at radius 3 is 1.95 bits per heavy atom. The number of para-hydroxylation sites is 1. The molecule has 0 aromatic heterocycles. The highest BCUT2D eigenvalue weighted by Gasteiger charge is 2.38. The molecule has 310 valence electrons. The van der Waals surface area contributed by atoms with Gasteiger partial charge in [-0.1, -0.05) is 93.6 Å². The first kappa shape index (κ1) is 42.4. The van der Waals surface area contributed by atoms with Crippen molar-refractivity contribution in [3.63, 3.8) is 0 Å². The Labute approximate surface area is 346 Å². The fourth-order valence-corrected chi connectivity index (χ4v) is 7.79. The summed E-state index contributed by atoms with van der Waals surface area (Å²) in [6.07, 6.45) is 1.96. The molecule has 0 spiro atoms. The lowest BCUT2D eigenvalue weighted by Crippen LogP contribution is -2.57. The molecule has 2 aliphatic rings. The first-order chi connectivity index (χ1) is 28.3. The van der Waals surface area contributed by atoms with Gasteiger partial charge in [-0.2, -0.15) is 0 Å². The van der Waals surface area contributed by atoms with Crippen LogP contribution in [-0.2, 0) is 37.0 Å². The zero-order chi connectivity index (χ0) is 42.1. The lowest BCUT2D eigenvalue weighted by atomic mass is 9.86.